The van der Waals surface area contributed by atoms with E-state index in [1.54, 1.807) is 35.9 Å². The summed E-state index contributed by atoms with van der Waals surface area (Å²) in [6, 6.07) is 21.5. The van der Waals surface area contributed by atoms with Crippen molar-refractivity contribution in [1.29, 1.82) is 0 Å². The third-order valence-electron chi connectivity index (χ3n) is 4.62. The first-order valence-corrected chi connectivity index (χ1v) is 10.1. The summed E-state index contributed by atoms with van der Waals surface area (Å²) in [6.45, 7) is 0.355. The Morgan fingerprint density at radius 3 is 2.66 bits per heavy atom. The molecule has 0 atom stereocenters. The Morgan fingerprint density at radius 2 is 1.83 bits per heavy atom. The number of methoxy groups -OCH3 is 1. The number of hydrogen-bond acceptors (Lipinski definition) is 4. The molecule has 4 aromatic rings. The largest absolute Gasteiger partial charge is 0.497 e. The average Bonchev–Trinajstić information content (AvgIpc) is 2.75. The first kappa shape index (κ1) is 19.2. The van der Waals surface area contributed by atoms with Gasteiger partial charge in [-0.05, 0) is 41.5 Å². The van der Waals surface area contributed by atoms with Crippen molar-refractivity contribution >= 4 is 22.7 Å². The summed E-state index contributed by atoms with van der Waals surface area (Å²) in [6.07, 6.45) is 0. The van der Waals surface area contributed by atoms with Gasteiger partial charge in [0.25, 0.3) is 5.56 Å². The van der Waals surface area contributed by atoms with Crippen LogP contribution in [-0.2, 0) is 12.3 Å². The number of halogens is 1. The number of nitrogens with zero attached hydrogens (tertiary/aromatic N) is 2. The summed E-state index contributed by atoms with van der Waals surface area (Å²) >= 11 is 1.35. The lowest BCUT2D eigenvalue weighted by atomic mass is 10.2. The Balaban J connectivity index is 1.75. The highest BCUT2D eigenvalue weighted by Gasteiger charge is 2.13. The van der Waals surface area contributed by atoms with Crippen molar-refractivity contribution in [2.45, 2.75) is 17.5 Å². The fourth-order valence-electron chi connectivity index (χ4n) is 3.11. The summed E-state index contributed by atoms with van der Waals surface area (Å²) in [5, 5.41) is 1.12. The minimum Gasteiger partial charge on any atom is -0.497 e. The maximum atomic E-state index is 14.0. The van der Waals surface area contributed by atoms with Gasteiger partial charge >= 0.3 is 0 Å². The van der Waals surface area contributed by atoms with Gasteiger partial charge in [0.2, 0.25) is 0 Å². The third-order valence-corrected chi connectivity index (χ3v) is 5.64. The molecular weight excluding hydrogens is 387 g/mol. The van der Waals surface area contributed by atoms with E-state index in [9.17, 15) is 9.18 Å². The molecule has 0 N–H and O–H groups in total. The predicted octanol–water partition coefficient (Wildman–Crippen LogP) is 4.88. The molecule has 0 bridgehead atoms. The van der Waals surface area contributed by atoms with Crippen molar-refractivity contribution in [2.24, 2.45) is 0 Å². The molecule has 0 amide bonds. The summed E-state index contributed by atoms with van der Waals surface area (Å²) in [4.78, 5) is 17.9. The van der Waals surface area contributed by atoms with Crippen LogP contribution in [0.2, 0.25) is 0 Å². The Kier molecular flexibility index (Phi) is 5.62. The van der Waals surface area contributed by atoms with Gasteiger partial charge in [0.05, 0.1) is 24.6 Å². The van der Waals surface area contributed by atoms with Crippen LogP contribution in [0.4, 0.5) is 4.39 Å². The molecular formula is C23H19FN2O2S. The number of rotatable bonds is 6. The van der Waals surface area contributed by atoms with Gasteiger partial charge in [0.15, 0.2) is 5.16 Å². The Hall–Kier alpha value is -3.12. The van der Waals surface area contributed by atoms with Crippen molar-refractivity contribution < 1.29 is 9.13 Å². The fraction of sp³-hybridized carbons (Fsp3) is 0.130. The Labute approximate surface area is 172 Å². The SMILES string of the molecule is COc1cccc(Cn2c(SCc3ccccc3F)nc3ccccc3c2=O)c1. The zero-order valence-electron chi connectivity index (χ0n) is 15.8. The van der Waals surface area contributed by atoms with Crippen LogP contribution in [0, 0.1) is 5.82 Å². The van der Waals surface area contributed by atoms with Gasteiger partial charge in [-0.25, -0.2) is 9.37 Å². The van der Waals surface area contributed by atoms with Crippen molar-refractivity contribution in [2.75, 3.05) is 7.11 Å². The molecule has 0 aliphatic heterocycles. The molecule has 0 saturated carbocycles. The second kappa shape index (κ2) is 8.49. The van der Waals surface area contributed by atoms with Crippen LogP contribution < -0.4 is 10.3 Å². The van der Waals surface area contributed by atoms with Crippen LogP contribution in [0.5, 0.6) is 5.75 Å². The van der Waals surface area contributed by atoms with Gasteiger partial charge in [-0.15, -0.1) is 0 Å². The molecule has 1 heterocycles. The molecule has 4 rings (SSSR count). The molecule has 3 aromatic carbocycles. The van der Waals surface area contributed by atoms with Gasteiger partial charge in [-0.1, -0.05) is 54.2 Å². The summed E-state index contributed by atoms with van der Waals surface area (Å²) in [5.74, 6) is 0.850. The molecule has 4 nitrogen and oxygen atoms in total. The van der Waals surface area contributed by atoms with E-state index in [1.165, 1.54) is 17.8 Å². The molecule has 0 spiro atoms. The first-order chi connectivity index (χ1) is 14.2. The number of fused-ring (bicyclic) bond motifs is 1. The first-order valence-electron chi connectivity index (χ1n) is 9.14. The molecule has 0 radical (unpaired) electrons. The summed E-state index contributed by atoms with van der Waals surface area (Å²) < 4.78 is 21.0. The molecule has 0 unspecified atom stereocenters. The predicted molar refractivity (Wildman–Crippen MR) is 114 cm³/mol. The van der Waals surface area contributed by atoms with Crippen LogP contribution in [0.15, 0.2) is 82.7 Å². The van der Waals surface area contributed by atoms with Crippen LogP contribution in [0.3, 0.4) is 0 Å². The number of para-hydroxylation sites is 1. The van der Waals surface area contributed by atoms with Crippen molar-refractivity contribution in [3.05, 3.63) is 100 Å². The molecule has 1 aromatic heterocycles. The maximum Gasteiger partial charge on any atom is 0.262 e. The number of ether oxygens (including phenoxy) is 1. The van der Waals surface area contributed by atoms with Gasteiger partial charge < -0.3 is 4.74 Å². The van der Waals surface area contributed by atoms with Crippen LogP contribution in [0.1, 0.15) is 11.1 Å². The number of benzene rings is 3. The number of hydrogen-bond donors (Lipinski definition) is 0. The second-order valence-electron chi connectivity index (χ2n) is 6.53. The number of aromatic nitrogens is 2. The highest BCUT2D eigenvalue weighted by atomic mass is 32.2. The minimum absolute atomic E-state index is 0.116. The van der Waals surface area contributed by atoms with Crippen molar-refractivity contribution in [3.63, 3.8) is 0 Å². The molecule has 146 valence electrons. The third kappa shape index (κ3) is 4.17. The molecule has 0 saturated heterocycles. The lowest BCUT2D eigenvalue weighted by molar-refractivity contribution is 0.414. The van der Waals surface area contributed by atoms with E-state index in [-0.39, 0.29) is 11.4 Å². The highest BCUT2D eigenvalue weighted by Crippen LogP contribution is 2.24. The lowest BCUT2D eigenvalue weighted by Gasteiger charge is -2.14. The van der Waals surface area contributed by atoms with E-state index in [0.717, 1.165) is 11.3 Å². The van der Waals surface area contributed by atoms with Crippen LogP contribution in [0.25, 0.3) is 10.9 Å². The highest BCUT2D eigenvalue weighted by molar-refractivity contribution is 7.98. The van der Waals surface area contributed by atoms with Gasteiger partial charge in [0, 0.05) is 5.75 Å². The zero-order valence-corrected chi connectivity index (χ0v) is 16.7. The topological polar surface area (TPSA) is 44.1 Å². The maximum absolute atomic E-state index is 14.0. The van der Waals surface area contributed by atoms with Crippen molar-refractivity contribution in [1.82, 2.24) is 9.55 Å². The number of thioether (sulfide) groups is 1. The zero-order chi connectivity index (χ0) is 20.2. The quantitative estimate of drug-likeness (QED) is 0.338. The van der Waals surface area contributed by atoms with Crippen molar-refractivity contribution in [3.8, 4) is 5.75 Å². The lowest BCUT2D eigenvalue weighted by Crippen LogP contribution is -2.24. The molecule has 0 aliphatic carbocycles. The van der Waals surface area contributed by atoms with Gasteiger partial charge in [0.1, 0.15) is 11.6 Å². The van der Waals surface area contributed by atoms with E-state index in [1.807, 2.05) is 42.5 Å². The van der Waals surface area contributed by atoms with E-state index in [4.69, 9.17) is 9.72 Å². The van der Waals surface area contributed by atoms with Gasteiger partial charge in [-0.2, -0.15) is 0 Å². The van der Waals surface area contributed by atoms with E-state index in [0.29, 0.717) is 33.9 Å². The molecule has 29 heavy (non-hydrogen) atoms. The van der Waals surface area contributed by atoms with E-state index < -0.39 is 0 Å². The molecule has 6 heteroatoms. The average molecular weight is 406 g/mol. The van der Waals surface area contributed by atoms with Crippen LogP contribution in [-0.4, -0.2) is 16.7 Å². The Bertz CT molecular complexity index is 1220. The minimum atomic E-state index is -0.262. The normalized spacial score (nSPS) is 11.0. The Morgan fingerprint density at radius 1 is 1.03 bits per heavy atom. The standard InChI is InChI=1S/C23H19FN2O2S/c1-28-18-9-6-7-16(13-18)14-26-22(27)19-10-3-5-12-21(19)25-23(26)29-15-17-8-2-4-11-20(17)24/h2-13H,14-15H2,1H3. The van der Waals surface area contributed by atoms with E-state index in [2.05, 4.69) is 0 Å². The smallest absolute Gasteiger partial charge is 0.262 e. The van der Waals surface area contributed by atoms with E-state index >= 15 is 0 Å². The van der Waals surface area contributed by atoms with Gasteiger partial charge in [-0.3, -0.25) is 9.36 Å². The fourth-order valence-corrected chi connectivity index (χ4v) is 4.09. The summed E-state index contributed by atoms with van der Waals surface area (Å²) in [5.41, 5.74) is 2.02. The molecule has 0 aliphatic rings. The second-order valence-corrected chi connectivity index (χ2v) is 7.48. The van der Waals surface area contributed by atoms with Crippen LogP contribution >= 0.6 is 11.8 Å². The summed E-state index contributed by atoms with van der Waals surface area (Å²) in [7, 11) is 1.61. The monoisotopic (exact) mass is 406 g/mol. The molecule has 0 fully saturated rings.